The summed E-state index contributed by atoms with van der Waals surface area (Å²) in [5, 5.41) is 6.76. The van der Waals surface area contributed by atoms with E-state index in [1.54, 1.807) is 6.08 Å². The molecule has 0 aliphatic heterocycles. The van der Waals surface area contributed by atoms with Gasteiger partial charge in [0.1, 0.15) is 18.5 Å². The summed E-state index contributed by atoms with van der Waals surface area (Å²) in [7, 11) is 1.32. The smallest absolute Gasteiger partial charge is 0.305 e. The first-order chi connectivity index (χ1) is 18.5. The number of carbonyl (C=O) groups is 2. The summed E-state index contributed by atoms with van der Waals surface area (Å²) in [5.41, 5.74) is 0. The number of fused-ring (bicyclic) bond motifs is 1. The second-order valence-electron chi connectivity index (χ2n) is 9.34. The van der Waals surface area contributed by atoms with Gasteiger partial charge < -0.3 is 14.6 Å². The quantitative estimate of drug-likeness (QED) is 0.0828. The van der Waals surface area contributed by atoms with Gasteiger partial charge in [-0.15, -0.1) is 0 Å². The van der Waals surface area contributed by atoms with E-state index in [2.05, 4.69) is 4.74 Å². The highest BCUT2D eigenvalue weighted by Gasteiger charge is 2.33. The summed E-state index contributed by atoms with van der Waals surface area (Å²) in [6.07, 6.45) is 6.15. The van der Waals surface area contributed by atoms with Gasteiger partial charge >= 0.3 is 5.97 Å². The summed E-state index contributed by atoms with van der Waals surface area (Å²) in [4.78, 5) is 23.4. The molecule has 0 amide bonds. The molecule has 214 valence electrons. The monoisotopic (exact) mass is 564 g/mol. The highest BCUT2D eigenvalue weighted by molar-refractivity contribution is 5.87. The van der Waals surface area contributed by atoms with Crippen LogP contribution in [-0.2, 0) is 14.3 Å². The number of allylic oxidation sites excluding steroid dienone is 1. The molecule has 1 aliphatic carbocycles. The van der Waals surface area contributed by atoms with Gasteiger partial charge in [-0.1, -0.05) is 31.4 Å². The van der Waals surface area contributed by atoms with Crippen LogP contribution >= 0.6 is 0 Å². The maximum absolute atomic E-state index is 14.7. The van der Waals surface area contributed by atoms with Gasteiger partial charge in [-0.2, -0.15) is 4.39 Å². The number of halogens is 7. The number of hydrogen-bond acceptors (Lipinski definition) is 5. The van der Waals surface area contributed by atoms with E-state index in [1.165, 1.54) is 13.2 Å². The zero-order valence-corrected chi connectivity index (χ0v) is 21.0. The summed E-state index contributed by atoms with van der Waals surface area (Å²) in [6.45, 7) is -0.853. The van der Waals surface area contributed by atoms with Gasteiger partial charge in [0.15, 0.2) is 40.7 Å². The normalized spacial score (nSPS) is 18.3. The number of methoxy groups -OCH3 is 1. The Morgan fingerprint density at radius 3 is 2.13 bits per heavy atom. The fourth-order valence-corrected chi connectivity index (χ4v) is 4.71. The molecule has 0 spiro atoms. The fraction of sp³-hybridized carbons (Fsp3) is 0.481. The Morgan fingerprint density at radius 2 is 1.49 bits per heavy atom. The van der Waals surface area contributed by atoms with Crippen LogP contribution in [0.4, 0.5) is 30.7 Å². The number of carbonyl (C=O) groups excluding carboxylic acids is 2. The number of unbranched alkanes of at least 4 members (excludes halogenated alkanes) is 3. The zero-order valence-electron chi connectivity index (χ0n) is 21.0. The average Bonchev–Trinajstić information content (AvgIpc) is 3.27. The van der Waals surface area contributed by atoms with Crippen molar-refractivity contribution < 1.29 is 54.9 Å². The number of hydrogen-bond donors (Lipinski definition) is 1. The Balaban J connectivity index is 1.62. The highest BCUT2D eigenvalue weighted by atomic mass is 19.2. The van der Waals surface area contributed by atoms with Crippen LogP contribution in [0.5, 0.6) is 5.75 Å². The van der Waals surface area contributed by atoms with Crippen molar-refractivity contribution in [1.29, 1.82) is 0 Å². The Hall–Kier alpha value is -3.15. The number of esters is 1. The van der Waals surface area contributed by atoms with E-state index in [9.17, 15) is 45.4 Å². The lowest BCUT2D eigenvalue weighted by molar-refractivity contribution is -0.140. The summed E-state index contributed by atoms with van der Waals surface area (Å²) >= 11 is 0. The lowest BCUT2D eigenvalue weighted by atomic mass is 9.89. The summed E-state index contributed by atoms with van der Waals surface area (Å²) < 4.78 is 108. The average molecular weight is 564 g/mol. The van der Waals surface area contributed by atoms with Crippen LogP contribution in [-0.4, -0.2) is 36.7 Å². The third kappa shape index (κ3) is 6.71. The molecular formula is C27H27F7O5. The van der Waals surface area contributed by atoms with E-state index in [4.69, 9.17) is 4.74 Å². The number of ether oxygens (including phenoxy) is 2. The molecule has 0 saturated heterocycles. The van der Waals surface area contributed by atoms with Crippen LogP contribution in [0.25, 0.3) is 10.8 Å². The first-order valence-electron chi connectivity index (χ1n) is 12.4. The number of rotatable bonds is 12. The van der Waals surface area contributed by atoms with Crippen LogP contribution in [0.3, 0.4) is 0 Å². The molecule has 0 bridgehead atoms. The molecule has 0 aromatic heterocycles. The Kier molecular flexibility index (Phi) is 10.3. The van der Waals surface area contributed by atoms with Crippen LogP contribution in [0.15, 0.2) is 12.2 Å². The van der Waals surface area contributed by atoms with Crippen LogP contribution < -0.4 is 4.74 Å². The molecule has 0 radical (unpaired) electrons. The molecule has 1 N–H and O–H groups in total. The zero-order chi connectivity index (χ0) is 28.9. The van der Waals surface area contributed by atoms with E-state index < -0.39 is 70.0 Å². The second kappa shape index (κ2) is 13.3. The van der Waals surface area contributed by atoms with Gasteiger partial charge in [0.05, 0.1) is 17.9 Å². The molecule has 1 fully saturated rings. The molecule has 39 heavy (non-hydrogen) atoms. The minimum Gasteiger partial charge on any atom is -0.484 e. The van der Waals surface area contributed by atoms with Gasteiger partial charge in [0.25, 0.3) is 0 Å². The highest BCUT2D eigenvalue weighted by Crippen LogP contribution is 2.38. The van der Waals surface area contributed by atoms with Crippen LogP contribution in [0.2, 0.25) is 0 Å². The predicted octanol–water partition coefficient (Wildman–Crippen LogP) is 6.22. The first-order valence-corrected chi connectivity index (χ1v) is 12.4. The molecule has 12 heteroatoms. The van der Waals surface area contributed by atoms with Gasteiger partial charge in [-0.3, -0.25) is 9.59 Å². The van der Waals surface area contributed by atoms with E-state index in [0.29, 0.717) is 32.1 Å². The minimum absolute atomic E-state index is 0.0682. The van der Waals surface area contributed by atoms with E-state index in [-0.39, 0.29) is 23.6 Å². The van der Waals surface area contributed by atoms with Crippen molar-refractivity contribution in [1.82, 2.24) is 0 Å². The van der Waals surface area contributed by atoms with Crippen molar-refractivity contribution in [3.8, 4) is 5.75 Å². The molecule has 2 aromatic rings. The topological polar surface area (TPSA) is 72.8 Å². The first kappa shape index (κ1) is 30.4. The summed E-state index contributed by atoms with van der Waals surface area (Å²) in [6, 6.07) is 0. The predicted molar refractivity (Wildman–Crippen MR) is 125 cm³/mol. The van der Waals surface area contributed by atoms with Crippen molar-refractivity contribution in [2.24, 2.45) is 11.8 Å². The maximum atomic E-state index is 14.7. The summed E-state index contributed by atoms with van der Waals surface area (Å²) in [5.74, 6) is -18.0. The second-order valence-corrected chi connectivity index (χ2v) is 9.34. The lowest BCUT2D eigenvalue weighted by Gasteiger charge is -2.16. The SMILES string of the molecule is COC(=O)CCCCCC[C@H]1C(=O)CC[C@@H]1/C=C/[C@@H](O)COc1c(F)c(F)c2c(F)c(F)c(F)c(F)c2c1F. The van der Waals surface area contributed by atoms with Gasteiger partial charge in [-0.05, 0) is 25.2 Å². The van der Waals surface area contributed by atoms with E-state index in [1.807, 2.05) is 0 Å². The molecule has 3 atom stereocenters. The fourth-order valence-electron chi connectivity index (χ4n) is 4.71. The lowest BCUT2D eigenvalue weighted by Crippen LogP contribution is -2.18. The van der Waals surface area contributed by atoms with Gasteiger partial charge in [0.2, 0.25) is 5.82 Å². The molecule has 1 aliphatic rings. The van der Waals surface area contributed by atoms with Crippen molar-refractivity contribution in [3.05, 3.63) is 52.9 Å². The minimum atomic E-state index is -2.44. The number of ketones is 1. The standard InChI is InChI=1S/C27H27F7O5/c1-38-17(37)7-5-3-2-4-6-15-13(9-11-16(15)36)8-10-14(35)12-39-27-23(31)19-18(22(30)26(27)34)20(28)24(32)25(33)21(19)29/h8,10,13-15,35H,2-7,9,11-12H2,1H3/b10-8+/t13-,14+,15+/m0/s1. The molecule has 1 saturated carbocycles. The molecule has 0 unspecified atom stereocenters. The Bertz CT molecular complexity index is 1260. The molecule has 5 nitrogen and oxygen atoms in total. The molecule has 2 aromatic carbocycles. The third-order valence-electron chi connectivity index (χ3n) is 6.80. The van der Waals surface area contributed by atoms with Gasteiger partial charge in [-0.25, -0.2) is 26.3 Å². The van der Waals surface area contributed by atoms with Crippen LogP contribution in [0, 0.1) is 52.6 Å². The number of benzene rings is 2. The molecule has 0 heterocycles. The van der Waals surface area contributed by atoms with Crippen LogP contribution in [0.1, 0.15) is 51.4 Å². The van der Waals surface area contributed by atoms with Crippen molar-refractivity contribution in [3.63, 3.8) is 0 Å². The largest absolute Gasteiger partial charge is 0.484 e. The van der Waals surface area contributed by atoms with Crippen molar-refractivity contribution in [2.45, 2.75) is 57.5 Å². The number of aliphatic hydroxyl groups is 1. The molecule has 3 rings (SSSR count). The van der Waals surface area contributed by atoms with Gasteiger partial charge in [0, 0.05) is 18.8 Å². The molecular weight excluding hydrogens is 537 g/mol. The van der Waals surface area contributed by atoms with E-state index in [0.717, 1.165) is 19.3 Å². The van der Waals surface area contributed by atoms with E-state index >= 15 is 0 Å². The Morgan fingerprint density at radius 1 is 0.897 bits per heavy atom. The third-order valence-corrected chi connectivity index (χ3v) is 6.80. The maximum Gasteiger partial charge on any atom is 0.305 e. The van der Waals surface area contributed by atoms with Crippen molar-refractivity contribution >= 4 is 22.5 Å². The number of aliphatic hydroxyl groups excluding tert-OH is 1. The number of Topliss-reactive ketones (excluding diaryl/α,β-unsaturated/α-hetero) is 1. The Labute approximate surface area is 219 Å². The van der Waals surface area contributed by atoms with Crippen molar-refractivity contribution in [2.75, 3.05) is 13.7 Å².